The maximum absolute atomic E-state index is 15.4. The maximum Gasteiger partial charge on any atom is 0.303 e. The fraction of sp³-hybridized carbons (Fsp3) is 0.400. The first-order valence-electron chi connectivity index (χ1n) is 12.2. The summed E-state index contributed by atoms with van der Waals surface area (Å²) >= 11 is 0. The third kappa shape index (κ3) is 4.51. The maximum atomic E-state index is 15.4. The Hall–Kier alpha value is -3.54. The van der Waals surface area contributed by atoms with Crippen molar-refractivity contribution in [3.63, 3.8) is 0 Å². The van der Waals surface area contributed by atoms with Crippen LogP contribution in [0.4, 0.5) is 10.1 Å². The zero-order valence-electron chi connectivity index (χ0n) is 20.9. The number of carbonyl (C=O) groups is 3. The number of hydrogen-bond acceptors (Lipinski definition) is 12. The lowest BCUT2D eigenvalue weighted by Gasteiger charge is -2.44. The molecule has 3 aliphatic heterocycles. The summed E-state index contributed by atoms with van der Waals surface area (Å²) in [5, 5.41) is 66.4. The van der Waals surface area contributed by atoms with Gasteiger partial charge in [0.1, 0.15) is 5.82 Å². The van der Waals surface area contributed by atoms with E-state index in [4.69, 9.17) is 4.74 Å². The Kier molecular flexibility index (Phi) is 6.88. The molecule has 40 heavy (non-hydrogen) atoms. The fourth-order valence-corrected chi connectivity index (χ4v) is 5.07. The summed E-state index contributed by atoms with van der Waals surface area (Å²) in [6, 6.07) is 5.79. The minimum absolute atomic E-state index is 0.0480. The van der Waals surface area contributed by atoms with Gasteiger partial charge in [-0.2, -0.15) is 0 Å². The third-order valence-electron chi connectivity index (χ3n) is 7.26. The molecule has 2 aromatic rings. The normalized spacial score (nSPS) is 22.7. The monoisotopic (exact) mass is 562 g/mol. The molecule has 1 atom stereocenters. The van der Waals surface area contributed by atoms with Crippen LogP contribution in [0.25, 0.3) is 0 Å². The number of anilines is 1. The molecular weight excluding hydrogens is 535 g/mol. The molecule has 3 amide bonds. The lowest BCUT2D eigenvalue weighted by molar-refractivity contribution is -0.355. The lowest BCUT2D eigenvalue weighted by Crippen LogP contribution is -2.79. The standard InChI is InChI=1S/C25H27FN4O10/c26-18-13(11-29-7-9-40-10-8-29)3-1-5-16(18)25(38,39)28-17-6-2-4-14-15(17)12-30(21(14)32)19-20(31)27-22(33)24(36,37)23(19,34)35/h1-6,19,28,34-39H,7-12H2,(H,27,31,33). The van der Waals surface area contributed by atoms with Gasteiger partial charge in [-0.25, -0.2) is 4.39 Å². The zero-order valence-corrected chi connectivity index (χ0v) is 20.9. The number of fused-ring (bicyclic) bond motifs is 1. The topological polar surface area (TPSA) is 212 Å². The Morgan fingerprint density at radius 2 is 1.73 bits per heavy atom. The quantitative estimate of drug-likeness (QED) is 0.133. The number of benzene rings is 2. The SMILES string of the molecule is O=C1NC(=O)C(O)(O)C(O)(O)C1N1Cc2c(NC(O)(O)c3cccc(CN4CCOCC4)c3F)cccc2C1=O. The first kappa shape index (κ1) is 28.0. The van der Waals surface area contributed by atoms with E-state index in [1.807, 2.05) is 4.90 Å². The molecule has 2 saturated heterocycles. The van der Waals surface area contributed by atoms with Gasteiger partial charge >= 0.3 is 5.79 Å². The predicted octanol–water partition coefficient (Wildman–Crippen LogP) is -2.79. The predicted molar refractivity (Wildman–Crippen MR) is 130 cm³/mol. The summed E-state index contributed by atoms with van der Waals surface area (Å²) in [6.45, 7) is 1.79. The van der Waals surface area contributed by atoms with Crippen molar-refractivity contribution in [1.82, 2.24) is 15.1 Å². The average Bonchev–Trinajstić information content (AvgIpc) is 3.21. The first-order chi connectivity index (χ1) is 18.8. The van der Waals surface area contributed by atoms with Gasteiger partial charge in [0, 0.05) is 48.6 Å². The number of rotatable bonds is 6. The molecule has 0 bridgehead atoms. The van der Waals surface area contributed by atoms with Crippen molar-refractivity contribution in [3.05, 3.63) is 64.5 Å². The number of imide groups is 1. The van der Waals surface area contributed by atoms with E-state index in [1.54, 1.807) is 5.32 Å². The van der Waals surface area contributed by atoms with Gasteiger partial charge < -0.3 is 45.6 Å². The van der Waals surface area contributed by atoms with Gasteiger partial charge in [-0.1, -0.05) is 18.2 Å². The first-order valence-corrected chi connectivity index (χ1v) is 12.2. The number of nitrogens with zero attached hydrogens (tertiary/aromatic N) is 2. The number of nitrogens with one attached hydrogen (secondary N) is 2. The highest BCUT2D eigenvalue weighted by Crippen LogP contribution is 2.38. The minimum atomic E-state index is -3.84. The molecule has 5 rings (SSSR count). The molecule has 8 N–H and O–H groups in total. The average molecular weight is 563 g/mol. The number of amides is 3. The number of ether oxygens (including phenoxy) is 1. The largest absolute Gasteiger partial charge is 0.379 e. The van der Waals surface area contributed by atoms with Crippen LogP contribution in [-0.2, 0) is 33.3 Å². The number of halogens is 1. The number of hydrogen-bond donors (Lipinski definition) is 8. The summed E-state index contributed by atoms with van der Waals surface area (Å²) in [7, 11) is 0. The number of aliphatic hydroxyl groups is 6. The van der Waals surface area contributed by atoms with Crippen molar-refractivity contribution in [3.8, 4) is 0 Å². The van der Waals surface area contributed by atoms with E-state index in [0.717, 1.165) is 0 Å². The molecule has 14 nitrogen and oxygen atoms in total. The van der Waals surface area contributed by atoms with E-state index in [9.17, 15) is 45.0 Å². The zero-order chi connectivity index (χ0) is 29.0. The summed E-state index contributed by atoms with van der Waals surface area (Å²) in [6.07, 6.45) is 0. The smallest absolute Gasteiger partial charge is 0.303 e. The molecule has 0 aliphatic carbocycles. The summed E-state index contributed by atoms with van der Waals surface area (Å²) in [5.41, 5.74) is -0.428. The van der Waals surface area contributed by atoms with E-state index in [-0.39, 0.29) is 28.9 Å². The molecule has 2 aromatic carbocycles. The van der Waals surface area contributed by atoms with Gasteiger partial charge in [-0.05, 0) is 18.2 Å². The lowest BCUT2D eigenvalue weighted by atomic mass is 9.90. The highest BCUT2D eigenvalue weighted by atomic mass is 19.1. The van der Waals surface area contributed by atoms with Crippen LogP contribution in [0, 0.1) is 5.82 Å². The van der Waals surface area contributed by atoms with Crippen LogP contribution in [0.3, 0.4) is 0 Å². The van der Waals surface area contributed by atoms with Gasteiger partial charge in [0.15, 0.2) is 6.04 Å². The van der Waals surface area contributed by atoms with Crippen molar-refractivity contribution in [2.45, 2.75) is 36.6 Å². The fourth-order valence-electron chi connectivity index (χ4n) is 5.07. The summed E-state index contributed by atoms with van der Waals surface area (Å²) in [4.78, 5) is 39.9. The van der Waals surface area contributed by atoms with Crippen LogP contribution in [0.1, 0.15) is 27.0 Å². The second kappa shape index (κ2) is 9.83. The molecule has 15 heteroatoms. The molecule has 0 spiro atoms. The Morgan fingerprint density at radius 3 is 2.42 bits per heavy atom. The number of morpholine rings is 1. The van der Waals surface area contributed by atoms with Crippen molar-refractivity contribution < 1.29 is 54.2 Å². The highest BCUT2D eigenvalue weighted by molar-refractivity contribution is 6.08. The molecule has 214 valence electrons. The Balaban J connectivity index is 1.42. The molecule has 0 saturated carbocycles. The van der Waals surface area contributed by atoms with Crippen molar-refractivity contribution in [2.75, 3.05) is 31.6 Å². The molecule has 1 unspecified atom stereocenters. The van der Waals surface area contributed by atoms with Gasteiger partial charge in [0.05, 0.1) is 18.8 Å². The highest BCUT2D eigenvalue weighted by Gasteiger charge is 2.67. The Labute approximate surface area is 225 Å². The molecule has 3 aliphatic rings. The van der Waals surface area contributed by atoms with Crippen LogP contribution in [0.2, 0.25) is 0 Å². The van der Waals surface area contributed by atoms with Crippen molar-refractivity contribution in [1.29, 1.82) is 0 Å². The third-order valence-corrected chi connectivity index (χ3v) is 7.26. The molecule has 0 radical (unpaired) electrons. The van der Waals surface area contributed by atoms with Gasteiger partial charge in [0.2, 0.25) is 0 Å². The summed E-state index contributed by atoms with van der Waals surface area (Å²) in [5.74, 6) is -15.6. The van der Waals surface area contributed by atoms with E-state index in [1.165, 1.54) is 36.4 Å². The Morgan fingerprint density at radius 1 is 1.05 bits per heavy atom. The molecule has 2 fully saturated rings. The molecule has 0 aromatic heterocycles. The van der Waals surface area contributed by atoms with E-state index >= 15 is 4.39 Å². The van der Waals surface area contributed by atoms with Crippen LogP contribution < -0.4 is 10.6 Å². The molecule has 3 heterocycles. The van der Waals surface area contributed by atoms with Crippen LogP contribution in [0.15, 0.2) is 36.4 Å². The second-order valence-corrected chi connectivity index (χ2v) is 9.85. The van der Waals surface area contributed by atoms with Crippen molar-refractivity contribution >= 4 is 23.4 Å². The van der Waals surface area contributed by atoms with Crippen LogP contribution in [-0.4, -0.2) is 102 Å². The van der Waals surface area contributed by atoms with Gasteiger partial charge in [0.25, 0.3) is 29.4 Å². The summed E-state index contributed by atoms with van der Waals surface area (Å²) < 4.78 is 20.7. The van der Waals surface area contributed by atoms with Gasteiger partial charge in [-0.15, -0.1) is 0 Å². The number of piperidine rings is 1. The van der Waals surface area contributed by atoms with Gasteiger partial charge in [-0.3, -0.25) is 24.6 Å². The van der Waals surface area contributed by atoms with E-state index in [2.05, 4.69) is 5.32 Å². The van der Waals surface area contributed by atoms with Crippen LogP contribution >= 0.6 is 0 Å². The second-order valence-electron chi connectivity index (χ2n) is 9.85. The van der Waals surface area contributed by atoms with E-state index in [0.29, 0.717) is 31.2 Å². The van der Waals surface area contributed by atoms with E-state index < -0.39 is 59.2 Å². The Bertz CT molecular complexity index is 1380. The number of carbonyl (C=O) groups excluding carboxylic acids is 3. The van der Waals surface area contributed by atoms with Crippen LogP contribution in [0.5, 0.6) is 0 Å². The molecular formula is C25H27FN4O10. The van der Waals surface area contributed by atoms with Crippen molar-refractivity contribution in [2.24, 2.45) is 0 Å². The minimum Gasteiger partial charge on any atom is -0.379 e.